The van der Waals surface area contributed by atoms with Gasteiger partial charge in [0.2, 0.25) is 5.91 Å². The van der Waals surface area contributed by atoms with Crippen LogP contribution in [0.2, 0.25) is 0 Å². The van der Waals surface area contributed by atoms with Crippen molar-refractivity contribution in [1.29, 1.82) is 0 Å². The van der Waals surface area contributed by atoms with Gasteiger partial charge in [-0.15, -0.1) is 0 Å². The molecule has 0 radical (unpaired) electrons. The molecule has 7 nitrogen and oxygen atoms in total. The van der Waals surface area contributed by atoms with E-state index in [0.29, 0.717) is 19.0 Å². The van der Waals surface area contributed by atoms with Crippen LogP contribution >= 0.6 is 0 Å². The Morgan fingerprint density at radius 3 is 2.78 bits per heavy atom. The van der Waals surface area contributed by atoms with Crippen LogP contribution in [0.3, 0.4) is 0 Å². The van der Waals surface area contributed by atoms with Crippen LogP contribution in [-0.2, 0) is 11.3 Å². The topological polar surface area (TPSA) is 71.8 Å². The molecule has 0 unspecified atom stereocenters. The van der Waals surface area contributed by atoms with E-state index in [1.165, 1.54) is 5.56 Å². The molecule has 5 rings (SSSR count). The number of carbonyl (C=O) groups is 1. The molecule has 1 saturated heterocycles. The normalized spacial score (nSPS) is 15.9. The first-order valence-electron chi connectivity index (χ1n) is 12.6. The van der Waals surface area contributed by atoms with Gasteiger partial charge < -0.3 is 15.0 Å². The van der Waals surface area contributed by atoms with Crippen molar-refractivity contribution in [2.45, 2.75) is 39.2 Å². The van der Waals surface area contributed by atoms with Gasteiger partial charge in [0.05, 0.1) is 18.7 Å². The molecule has 3 heterocycles. The first kappa shape index (κ1) is 23.9. The molecule has 36 heavy (non-hydrogen) atoms. The van der Waals surface area contributed by atoms with Gasteiger partial charge >= 0.3 is 0 Å². The second kappa shape index (κ2) is 10.4. The Bertz CT molecular complexity index is 1350. The molecule has 0 aliphatic carbocycles. The lowest BCUT2D eigenvalue weighted by molar-refractivity contribution is -0.125. The van der Waals surface area contributed by atoms with E-state index in [0.717, 1.165) is 53.3 Å². The van der Waals surface area contributed by atoms with Crippen LogP contribution in [0.25, 0.3) is 16.8 Å². The highest BCUT2D eigenvalue weighted by Crippen LogP contribution is 2.29. The van der Waals surface area contributed by atoms with Crippen LogP contribution in [-0.4, -0.2) is 40.7 Å². The number of ether oxygens (including phenoxy) is 1. The quantitative estimate of drug-likeness (QED) is 0.398. The van der Waals surface area contributed by atoms with Crippen molar-refractivity contribution in [1.82, 2.24) is 19.9 Å². The van der Waals surface area contributed by atoms with E-state index in [9.17, 15) is 4.79 Å². The molecule has 7 heteroatoms. The lowest BCUT2D eigenvalue weighted by atomic mass is 9.96. The predicted molar refractivity (Wildman–Crippen MR) is 142 cm³/mol. The lowest BCUT2D eigenvalue weighted by Gasteiger charge is -2.33. The van der Waals surface area contributed by atoms with Gasteiger partial charge in [-0.3, -0.25) is 4.79 Å². The van der Waals surface area contributed by atoms with Crippen LogP contribution in [0, 0.1) is 5.92 Å². The van der Waals surface area contributed by atoms with E-state index in [1.807, 2.05) is 35.0 Å². The number of anilines is 1. The Morgan fingerprint density at radius 2 is 2.00 bits per heavy atom. The van der Waals surface area contributed by atoms with E-state index in [-0.39, 0.29) is 11.8 Å². The largest absolute Gasteiger partial charge is 0.497 e. The molecule has 1 atom stereocenters. The zero-order valence-corrected chi connectivity index (χ0v) is 21.1. The summed E-state index contributed by atoms with van der Waals surface area (Å²) in [7, 11) is 1.66. The number of nitrogens with zero attached hydrogens (tertiary/aromatic N) is 4. The van der Waals surface area contributed by atoms with Crippen molar-refractivity contribution >= 4 is 17.2 Å². The van der Waals surface area contributed by atoms with E-state index in [1.54, 1.807) is 13.3 Å². The van der Waals surface area contributed by atoms with Gasteiger partial charge in [0.1, 0.15) is 11.3 Å². The molecule has 186 valence electrons. The minimum Gasteiger partial charge on any atom is -0.497 e. The zero-order valence-electron chi connectivity index (χ0n) is 21.1. The summed E-state index contributed by atoms with van der Waals surface area (Å²) in [4.78, 5) is 20.0. The number of nitrogens with one attached hydrogen (secondary N) is 1. The van der Waals surface area contributed by atoms with Crippen molar-refractivity contribution in [3.05, 3.63) is 78.1 Å². The molecule has 1 aliphatic rings. The van der Waals surface area contributed by atoms with Gasteiger partial charge in [-0.2, -0.15) is 5.10 Å². The standard InChI is InChI=1S/C29H33N5O2/c1-20(2)22-11-9-21(10-12-22)18-31-29(35)24-7-5-14-33(19-24)28-27-17-26(32-34(27)15-13-30-28)23-6-4-8-25(16-23)36-3/h4,6,8-13,15-17,20,24H,5,7,14,18-19H2,1-3H3,(H,31,35)/t24-/m0/s1. The third kappa shape index (κ3) is 5.05. The number of benzene rings is 2. The van der Waals surface area contributed by atoms with Crippen LogP contribution < -0.4 is 15.0 Å². The van der Waals surface area contributed by atoms with E-state index < -0.39 is 0 Å². The fraction of sp³-hybridized carbons (Fsp3) is 0.345. The van der Waals surface area contributed by atoms with Crippen molar-refractivity contribution in [2.75, 3.05) is 25.1 Å². The van der Waals surface area contributed by atoms with Gasteiger partial charge in [-0.1, -0.05) is 50.2 Å². The molecule has 1 fully saturated rings. The highest BCUT2D eigenvalue weighted by molar-refractivity contribution is 5.81. The van der Waals surface area contributed by atoms with Crippen molar-refractivity contribution < 1.29 is 9.53 Å². The lowest BCUT2D eigenvalue weighted by Crippen LogP contribution is -2.43. The van der Waals surface area contributed by atoms with Crippen LogP contribution in [0.15, 0.2) is 67.0 Å². The Balaban J connectivity index is 1.29. The zero-order chi connectivity index (χ0) is 25.1. The summed E-state index contributed by atoms with van der Waals surface area (Å²) in [6.45, 7) is 6.43. The number of hydrogen-bond acceptors (Lipinski definition) is 5. The maximum absolute atomic E-state index is 13.0. The highest BCUT2D eigenvalue weighted by atomic mass is 16.5. The average Bonchev–Trinajstić information content (AvgIpc) is 3.37. The second-order valence-corrected chi connectivity index (χ2v) is 9.74. The average molecular weight is 484 g/mol. The second-order valence-electron chi connectivity index (χ2n) is 9.74. The Morgan fingerprint density at radius 1 is 1.17 bits per heavy atom. The molecule has 2 aromatic heterocycles. The van der Waals surface area contributed by atoms with E-state index in [4.69, 9.17) is 9.84 Å². The molecule has 0 saturated carbocycles. The first-order valence-corrected chi connectivity index (χ1v) is 12.6. The Labute approximate surface area is 212 Å². The SMILES string of the molecule is COc1cccc(-c2cc3c(N4CCC[C@H](C(=O)NCc5ccc(C(C)C)cc5)C4)nccn3n2)c1. The molecule has 2 aromatic carbocycles. The fourth-order valence-electron chi connectivity index (χ4n) is 4.81. The molecule has 0 bridgehead atoms. The van der Waals surface area contributed by atoms with Gasteiger partial charge in [0.25, 0.3) is 0 Å². The molecular weight excluding hydrogens is 450 g/mol. The Kier molecular flexibility index (Phi) is 6.89. The third-order valence-electron chi connectivity index (χ3n) is 6.94. The highest BCUT2D eigenvalue weighted by Gasteiger charge is 2.27. The number of amides is 1. The van der Waals surface area contributed by atoms with Crippen LogP contribution in [0.5, 0.6) is 5.75 Å². The number of rotatable bonds is 7. The third-order valence-corrected chi connectivity index (χ3v) is 6.94. The molecule has 0 spiro atoms. The van der Waals surface area contributed by atoms with Crippen molar-refractivity contribution in [3.8, 4) is 17.0 Å². The molecule has 1 amide bonds. The van der Waals surface area contributed by atoms with Gasteiger partial charge in [-0.25, -0.2) is 9.50 Å². The summed E-state index contributed by atoms with van der Waals surface area (Å²) in [5.74, 6) is 2.19. The first-order chi connectivity index (χ1) is 17.5. The molecule has 4 aromatic rings. The summed E-state index contributed by atoms with van der Waals surface area (Å²) in [6.07, 6.45) is 5.46. The number of aromatic nitrogens is 3. The number of piperidine rings is 1. The number of carbonyl (C=O) groups excluding carboxylic acids is 1. The summed E-state index contributed by atoms with van der Waals surface area (Å²) >= 11 is 0. The van der Waals surface area contributed by atoms with Crippen molar-refractivity contribution in [2.24, 2.45) is 5.92 Å². The van der Waals surface area contributed by atoms with E-state index >= 15 is 0 Å². The van der Waals surface area contributed by atoms with Crippen LogP contribution in [0.1, 0.15) is 43.7 Å². The monoisotopic (exact) mass is 483 g/mol. The van der Waals surface area contributed by atoms with Crippen molar-refractivity contribution in [3.63, 3.8) is 0 Å². The Hall–Kier alpha value is -3.87. The summed E-state index contributed by atoms with van der Waals surface area (Å²) < 4.78 is 7.24. The minimum atomic E-state index is -0.0727. The maximum Gasteiger partial charge on any atom is 0.225 e. The van der Waals surface area contributed by atoms with Crippen LogP contribution in [0.4, 0.5) is 5.82 Å². The number of hydrogen-bond donors (Lipinski definition) is 1. The minimum absolute atomic E-state index is 0.0727. The maximum atomic E-state index is 13.0. The van der Waals surface area contributed by atoms with Gasteiger partial charge in [0, 0.05) is 37.6 Å². The van der Waals surface area contributed by atoms with Gasteiger partial charge in [-0.05, 0) is 48.1 Å². The summed E-state index contributed by atoms with van der Waals surface area (Å²) in [5, 5.41) is 7.91. The molecular formula is C29H33N5O2. The molecule has 1 N–H and O–H groups in total. The van der Waals surface area contributed by atoms with E-state index in [2.05, 4.69) is 59.4 Å². The molecule has 1 aliphatic heterocycles. The number of fused-ring (bicyclic) bond motifs is 1. The predicted octanol–water partition coefficient (Wildman–Crippen LogP) is 5.06. The number of methoxy groups -OCH3 is 1. The smallest absolute Gasteiger partial charge is 0.225 e. The summed E-state index contributed by atoms with van der Waals surface area (Å²) in [5.41, 5.74) is 5.21. The van der Waals surface area contributed by atoms with Gasteiger partial charge in [0.15, 0.2) is 5.82 Å². The fourth-order valence-corrected chi connectivity index (χ4v) is 4.81. The summed E-state index contributed by atoms with van der Waals surface area (Å²) in [6, 6.07) is 18.4.